The van der Waals surface area contributed by atoms with Gasteiger partial charge < -0.3 is 16.4 Å². The van der Waals surface area contributed by atoms with E-state index >= 15 is 0 Å². The first-order valence-corrected chi connectivity index (χ1v) is 6.69. The molecule has 0 heterocycles. The summed E-state index contributed by atoms with van der Waals surface area (Å²) in [4.78, 5) is 22.8. The Morgan fingerprint density at radius 2 is 1.67 bits per heavy atom. The summed E-state index contributed by atoms with van der Waals surface area (Å²) in [6.45, 7) is 7.79. The van der Waals surface area contributed by atoms with Gasteiger partial charge in [0.2, 0.25) is 11.8 Å². The van der Waals surface area contributed by atoms with Gasteiger partial charge in [0.25, 0.3) is 0 Å². The highest BCUT2D eigenvalue weighted by molar-refractivity contribution is 5.78. The van der Waals surface area contributed by atoms with Crippen molar-refractivity contribution in [3.63, 3.8) is 0 Å². The molecule has 1 atom stereocenters. The highest BCUT2D eigenvalue weighted by Crippen LogP contribution is 2.02. The van der Waals surface area contributed by atoms with E-state index in [0.717, 1.165) is 6.42 Å². The van der Waals surface area contributed by atoms with Gasteiger partial charge in [-0.25, -0.2) is 0 Å². The second kappa shape index (κ2) is 9.88. The van der Waals surface area contributed by atoms with E-state index in [4.69, 9.17) is 5.73 Å². The van der Waals surface area contributed by atoms with E-state index in [1.807, 2.05) is 20.8 Å². The lowest BCUT2D eigenvalue weighted by Gasteiger charge is -2.09. The molecule has 0 bridgehead atoms. The Bertz CT molecular complexity index is 255. The number of nitrogens with one attached hydrogen (secondary N) is 2. The van der Waals surface area contributed by atoms with E-state index in [-0.39, 0.29) is 11.8 Å². The Morgan fingerprint density at radius 1 is 1.06 bits per heavy atom. The fourth-order valence-corrected chi connectivity index (χ4v) is 1.31. The summed E-state index contributed by atoms with van der Waals surface area (Å²) in [5.74, 6) is 0.790. The van der Waals surface area contributed by atoms with Crippen molar-refractivity contribution in [3.8, 4) is 0 Å². The summed E-state index contributed by atoms with van der Waals surface area (Å²) < 4.78 is 0. The molecule has 0 radical (unpaired) electrons. The van der Waals surface area contributed by atoms with Crippen LogP contribution in [0.4, 0.5) is 0 Å². The number of amides is 2. The van der Waals surface area contributed by atoms with Gasteiger partial charge in [0.05, 0.1) is 0 Å². The Labute approximate surface area is 110 Å². The number of nitrogens with two attached hydrogens (primary N) is 1. The van der Waals surface area contributed by atoms with Crippen LogP contribution in [0.25, 0.3) is 0 Å². The standard InChI is InChI=1S/C13H27N3O2/c1-10(2)9-16-13(18)6-7-15-12(17)5-4-11(3)8-14/h10-11H,4-9,14H2,1-3H3,(H,15,17)(H,16,18). The van der Waals surface area contributed by atoms with Gasteiger partial charge in [0.1, 0.15) is 0 Å². The maximum absolute atomic E-state index is 11.4. The van der Waals surface area contributed by atoms with Crippen LogP contribution in [0.3, 0.4) is 0 Å². The van der Waals surface area contributed by atoms with Crippen LogP contribution in [0.1, 0.15) is 40.0 Å². The summed E-state index contributed by atoms with van der Waals surface area (Å²) in [6, 6.07) is 0. The molecular formula is C13H27N3O2. The third kappa shape index (κ3) is 10.1. The van der Waals surface area contributed by atoms with Crippen molar-refractivity contribution in [2.24, 2.45) is 17.6 Å². The van der Waals surface area contributed by atoms with Crippen molar-refractivity contribution in [2.75, 3.05) is 19.6 Å². The molecule has 18 heavy (non-hydrogen) atoms. The number of carbonyl (C=O) groups is 2. The highest BCUT2D eigenvalue weighted by atomic mass is 16.2. The van der Waals surface area contributed by atoms with Crippen LogP contribution in [0.5, 0.6) is 0 Å². The summed E-state index contributed by atoms with van der Waals surface area (Å²) in [5, 5.41) is 5.55. The van der Waals surface area contributed by atoms with Crippen LogP contribution in [-0.2, 0) is 9.59 Å². The molecule has 0 saturated carbocycles. The number of hydrogen-bond acceptors (Lipinski definition) is 3. The predicted octanol–water partition coefficient (Wildman–Crippen LogP) is 0.640. The van der Waals surface area contributed by atoms with Crippen LogP contribution < -0.4 is 16.4 Å². The minimum absolute atomic E-state index is 0.00744. The van der Waals surface area contributed by atoms with Crippen LogP contribution in [0.15, 0.2) is 0 Å². The smallest absolute Gasteiger partial charge is 0.221 e. The van der Waals surface area contributed by atoms with Crippen LogP contribution in [0.2, 0.25) is 0 Å². The maximum atomic E-state index is 11.4. The molecule has 0 aromatic carbocycles. The number of hydrogen-bond donors (Lipinski definition) is 3. The first kappa shape index (κ1) is 16.9. The summed E-state index contributed by atoms with van der Waals surface area (Å²) >= 11 is 0. The lowest BCUT2D eigenvalue weighted by Crippen LogP contribution is -2.32. The van der Waals surface area contributed by atoms with Crippen molar-refractivity contribution >= 4 is 11.8 Å². The van der Waals surface area contributed by atoms with Gasteiger partial charge >= 0.3 is 0 Å². The third-order valence-electron chi connectivity index (χ3n) is 2.65. The van der Waals surface area contributed by atoms with E-state index in [1.54, 1.807) is 0 Å². The second-order valence-electron chi connectivity index (χ2n) is 5.18. The lowest BCUT2D eigenvalue weighted by atomic mass is 10.1. The molecule has 0 aromatic heterocycles. The molecule has 0 spiro atoms. The molecule has 0 saturated heterocycles. The van der Waals surface area contributed by atoms with E-state index in [9.17, 15) is 9.59 Å². The first-order chi connectivity index (χ1) is 8.45. The highest BCUT2D eigenvalue weighted by Gasteiger charge is 2.06. The minimum Gasteiger partial charge on any atom is -0.356 e. The topological polar surface area (TPSA) is 84.2 Å². The molecule has 0 rings (SSSR count). The molecule has 1 unspecified atom stereocenters. The van der Waals surface area contributed by atoms with Crippen LogP contribution in [0, 0.1) is 11.8 Å². The van der Waals surface area contributed by atoms with Crippen molar-refractivity contribution in [1.82, 2.24) is 10.6 Å². The van der Waals surface area contributed by atoms with Gasteiger partial charge in [-0.3, -0.25) is 9.59 Å². The molecule has 5 heteroatoms. The molecule has 106 valence electrons. The van der Waals surface area contributed by atoms with Crippen molar-refractivity contribution in [2.45, 2.75) is 40.0 Å². The van der Waals surface area contributed by atoms with E-state index in [2.05, 4.69) is 10.6 Å². The Balaban J connectivity index is 3.53. The Hall–Kier alpha value is -1.10. The van der Waals surface area contributed by atoms with Gasteiger partial charge in [-0.05, 0) is 24.8 Å². The molecule has 4 N–H and O–H groups in total. The van der Waals surface area contributed by atoms with Gasteiger partial charge in [0, 0.05) is 25.9 Å². The van der Waals surface area contributed by atoms with Crippen molar-refractivity contribution in [1.29, 1.82) is 0 Å². The predicted molar refractivity (Wildman–Crippen MR) is 72.9 cm³/mol. The first-order valence-electron chi connectivity index (χ1n) is 6.69. The van der Waals surface area contributed by atoms with E-state index < -0.39 is 0 Å². The van der Waals surface area contributed by atoms with Gasteiger partial charge in [0.15, 0.2) is 0 Å². The van der Waals surface area contributed by atoms with Gasteiger partial charge in [-0.2, -0.15) is 0 Å². The fraction of sp³-hybridized carbons (Fsp3) is 0.846. The summed E-state index contributed by atoms with van der Waals surface area (Å²) in [6.07, 6.45) is 1.61. The maximum Gasteiger partial charge on any atom is 0.221 e. The van der Waals surface area contributed by atoms with Gasteiger partial charge in [-0.1, -0.05) is 20.8 Å². The zero-order valence-electron chi connectivity index (χ0n) is 11.8. The largest absolute Gasteiger partial charge is 0.356 e. The zero-order valence-corrected chi connectivity index (χ0v) is 11.8. The normalized spacial score (nSPS) is 12.3. The average molecular weight is 257 g/mol. The SMILES string of the molecule is CC(C)CNC(=O)CCNC(=O)CCC(C)CN. The lowest BCUT2D eigenvalue weighted by molar-refractivity contribution is -0.122. The van der Waals surface area contributed by atoms with E-state index in [0.29, 0.717) is 44.3 Å². The number of carbonyl (C=O) groups excluding carboxylic acids is 2. The number of rotatable bonds is 9. The average Bonchev–Trinajstić information content (AvgIpc) is 2.33. The molecule has 5 nitrogen and oxygen atoms in total. The second-order valence-corrected chi connectivity index (χ2v) is 5.18. The molecular weight excluding hydrogens is 230 g/mol. The molecule has 0 fully saturated rings. The third-order valence-corrected chi connectivity index (χ3v) is 2.65. The van der Waals surface area contributed by atoms with Gasteiger partial charge in [-0.15, -0.1) is 0 Å². The Kier molecular flexibility index (Phi) is 9.28. The van der Waals surface area contributed by atoms with Crippen LogP contribution >= 0.6 is 0 Å². The summed E-state index contributed by atoms with van der Waals surface area (Å²) in [5.41, 5.74) is 5.47. The molecule has 0 aliphatic heterocycles. The van der Waals surface area contributed by atoms with Crippen molar-refractivity contribution < 1.29 is 9.59 Å². The van der Waals surface area contributed by atoms with Crippen LogP contribution in [-0.4, -0.2) is 31.4 Å². The monoisotopic (exact) mass is 257 g/mol. The molecule has 0 aliphatic carbocycles. The molecule has 2 amide bonds. The summed E-state index contributed by atoms with van der Waals surface area (Å²) in [7, 11) is 0. The van der Waals surface area contributed by atoms with E-state index in [1.165, 1.54) is 0 Å². The minimum atomic E-state index is -0.0145. The van der Waals surface area contributed by atoms with Crippen molar-refractivity contribution in [3.05, 3.63) is 0 Å². The zero-order chi connectivity index (χ0) is 14.0. The molecule has 0 aromatic rings. The molecule has 0 aliphatic rings. The Morgan fingerprint density at radius 3 is 2.22 bits per heavy atom. The quantitative estimate of drug-likeness (QED) is 0.567. The fourth-order valence-electron chi connectivity index (χ4n) is 1.31.